The summed E-state index contributed by atoms with van der Waals surface area (Å²) in [5, 5.41) is 21.5. The number of phenolic OH excluding ortho intramolecular Hbond substituents is 2. The topological polar surface area (TPSA) is 84.9 Å². The van der Waals surface area contributed by atoms with Crippen molar-refractivity contribution in [2.24, 2.45) is 0 Å². The number of nitrogens with zero attached hydrogens (tertiary/aromatic N) is 1. The van der Waals surface area contributed by atoms with Crippen molar-refractivity contribution in [2.45, 2.75) is 0 Å². The van der Waals surface area contributed by atoms with Crippen molar-refractivity contribution in [2.75, 3.05) is 0 Å². The summed E-state index contributed by atoms with van der Waals surface area (Å²) in [5.41, 5.74) is 5.78. The average Bonchev–Trinajstić information content (AvgIpc) is 3.25. The van der Waals surface area contributed by atoms with Crippen LogP contribution in [0.2, 0.25) is 0 Å². The molecule has 5 heteroatoms. The Hall–Kier alpha value is -3.73. The molecule has 126 valence electrons. The number of aromatic nitrogens is 3. The van der Waals surface area contributed by atoms with Crippen LogP contribution < -0.4 is 0 Å². The third-order valence-electron chi connectivity index (χ3n) is 4.69. The Bertz CT molecular complexity index is 1170. The van der Waals surface area contributed by atoms with Gasteiger partial charge >= 0.3 is 0 Å². The number of nitrogens with one attached hydrogen (secondary N) is 2. The second kappa shape index (κ2) is 5.39. The monoisotopic (exact) mass is 341 g/mol. The van der Waals surface area contributed by atoms with E-state index >= 15 is 0 Å². The Morgan fingerprint density at radius 3 is 1.65 bits per heavy atom. The largest absolute Gasteiger partial charge is 0.508 e. The number of hydrogen-bond acceptors (Lipinski definition) is 3. The van der Waals surface area contributed by atoms with E-state index < -0.39 is 0 Å². The molecule has 3 heterocycles. The minimum absolute atomic E-state index is 0.231. The standard InChI is InChI=1S/C21H15N3O2/c25-14-1-3-20-16(6-14)18(10-23-20)12-5-13(9-22-8-12)19-11-24-21-4-2-15(26)7-17(19)21/h1-11,23-26H. The first kappa shape index (κ1) is 14.6. The highest BCUT2D eigenvalue weighted by Crippen LogP contribution is 2.35. The summed E-state index contributed by atoms with van der Waals surface area (Å²) in [4.78, 5) is 10.9. The van der Waals surface area contributed by atoms with Crippen molar-refractivity contribution in [1.82, 2.24) is 15.0 Å². The third kappa shape index (κ3) is 2.22. The van der Waals surface area contributed by atoms with Gasteiger partial charge in [0.25, 0.3) is 0 Å². The average molecular weight is 341 g/mol. The smallest absolute Gasteiger partial charge is 0.116 e. The van der Waals surface area contributed by atoms with Gasteiger partial charge in [-0.15, -0.1) is 0 Å². The molecule has 5 aromatic rings. The van der Waals surface area contributed by atoms with Crippen LogP contribution in [0, 0.1) is 0 Å². The summed E-state index contributed by atoms with van der Waals surface area (Å²) in [6.07, 6.45) is 7.46. The van der Waals surface area contributed by atoms with Gasteiger partial charge in [-0.3, -0.25) is 4.98 Å². The van der Waals surface area contributed by atoms with Gasteiger partial charge in [-0.25, -0.2) is 0 Å². The maximum atomic E-state index is 9.81. The molecule has 26 heavy (non-hydrogen) atoms. The number of benzene rings is 2. The zero-order chi connectivity index (χ0) is 17.7. The lowest BCUT2D eigenvalue weighted by Crippen LogP contribution is -1.83. The molecule has 3 aromatic heterocycles. The highest BCUT2D eigenvalue weighted by atomic mass is 16.3. The zero-order valence-corrected chi connectivity index (χ0v) is 13.7. The van der Waals surface area contributed by atoms with E-state index in [1.807, 2.05) is 36.9 Å². The van der Waals surface area contributed by atoms with Crippen LogP contribution in [0.25, 0.3) is 44.1 Å². The molecule has 0 bridgehead atoms. The minimum Gasteiger partial charge on any atom is -0.508 e. The van der Waals surface area contributed by atoms with E-state index in [2.05, 4.69) is 21.0 Å². The number of rotatable bonds is 2. The molecule has 0 saturated carbocycles. The molecule has 5 rings (SSSR count). The fourth-order valence-corrected chi connectivity index (χ4v) is 3.43. The number of aromatic hydroxyl groups is 2. The highest BCUT2D eigenvalue weighted by molar-refractivity contribution is 5.99. The molecule has 0 atom stereocenters. The predicted molar refractivity (Wildman–Crippen MR) is 102 cm³/mol. The summed E-state index contributed by atoms with van der Waals surface area (Å²) >= 11 is 0. The lowest BCUT2D eigenvalue weighted by atomic mass is 10.0. The molecule has 0 unspecified atom stereocenters. The van der Waals surface area contributed by atoms with Gasteiger partial charge in [-0.2, -0.15) is 0 Å². The molecule has 0 fully saturated rings. The maximum Gasteiger partial charge on any atom is 0.116 e. The van der Waals surface area contributed by atoms with Crippen LogP contribution in [-0.4, -0.2) is 25.2 Å². The van der Waals surface area contributed by atoms with Crippen LogP contribution in [0.4, 0.5) is 0 Å². The van der Waals surface area contributed by atoms with Crippen molar-refractivity contribution >= 4 is 21.8 Å². The molecule has 0 spiro atoms. The van der Waals surface area contributed by atoms with E-state index in [-0.39, 0.29) is 11.5 Å². The molecule has 5 nitrogen and oxygen atoms in total. The van der Waals surface area contributed by atoms with Crippen molar-refractivity contribution in [3.05, 3.63) is 67.3 Å². The molecule has 4 N–H and O–H groups in total. The van der Waals surface area contributed by atoms with Crippen LogP contribution >= 0.6 is 0 Å². The van der Waals surface area contributed by atoms with Gasteiger partial charge < -0.3 is 20.2 Å². The lowest BCUT2D eigenvalue weighted by Gasteiger charge is -2.04. The van der Waals surface area contributed by atoms with E-state index in [0.717, 1.165) is 44.1 Å². The van der Waals surface area contributed by atoms with E-state index in [1.54, 1.807) is 24.3 Å². The molecular formula is C21H15N3O2. The summed E-state index contributed by atoms with van der Waals surface area (Å²) in [5.74, 6) is 0.462. The first-order valence-electron chi connectivity index (χ1n) is 8.25. The lowest BCUT2D eigenvalue weighted by molar-refractivity contribution is 0.475. The quantitative estimate of drug-likeness (QED) is 0.372. The van der Waals surface area contributed by atoms with Crippen molar-refractivity contribution in [3.63, 3.8) is 0 Å². The zero-order valence-electron chi connectivity index (χ0n) is 13.7. The van der Waals surface area contributed by atoms with Crippen molar-refractivity contribution in [3.8, 4) is 33.8 Å². The van der Waals surface area contributed by atoms with Crippen LogP contribution in [0.5, 0.6) is 11.5 Å². The fourth-order valence-electron chi connectivity index (χ4n) is 3.43. The molecule has 0 radical (unpaired) electrons. The summed E-state index contributed by atoms with van der Waals surface area (Å²) in [6.45, 7) is 0. The summed E-state index contributed by atoms with van der Waals surface area (Å²) in [7, 11) is 0. The number of fused-ring (bicyclic) bond motifs is 2. The normalized spacial score (nSPS) is 11.4. The number of pyridine rings is 1. The number of hydrogen-bond donors (Lipinski definition) is 4. The minimum atomic E-state index is 0.231. The molecule has 0 aliphatic carbocycles. The van der Waals surface area contributed by atoms with Crippen molar-refractivity contribution in [1.29, 1.82) is 0 Å². The van der Waals surface area contributed by atoms with E-state index in [1.165, 1.54) is 0 Å². The molecule has 0 aliphatic rings. The second-order valence-electron chi connectivity index (χ2n) is 6.33. The number of phenols is 2. The summed E-state index contributed by atoms with van der Waals surface area (Å²) < 4.78 is 0. The Labute approximate surface area is 148 Å². The van der Waals surface area contributed by atoms with E-state index in [4.69, 9.17) is 0 Å². The Kier molecular flexibility index (Phi) is 3.03. The Balaban J connectivity index is 1.69. The second-order valence-corrected chi connectivity index (χ2v) is 6.33. The van der Waals surface area contributed by atoms with Crippen LogP contribution in [-0.2, 0) is 0 Å². The Morgan fingerprint density at radius 2 is 1.15 bits per heavy atom. The van der Waals surface area contributed by atoms with Gasteiger partial charge in [-0.1, -0.05) is 0 Å². The SMILES string of the molecule is Oc1ccc2[nH]cc(-c3cncc(-c4c[nH]c5ccc(O)cc45)c3)c2c1. The molecule has 0 amide bonds. The highest BCUT2D eigenvalue weighted by Gasteiger charge is 2.11. The molecular weight excluding hydrogens is 326 g/mol. The summed E-state index contributed by atoms with van der Waals surface area (Å²) in [6, 6.07) is 12.6. The molecule has 0 saturated heterocycles. The third-order valence-corrected chi connectivity index (χ3v) is 4.69. The van der Waals surface area contributed by atoms with Gasteiger partial charge in [-0.05, 0) is 42.5 Å². The van der Waals surface area contributed by atoms with E-state index in [0.29, 0.717) is 0 Å². The maximum absolute atomic E-state index is 9.81. The van der Waals surface area contributed by atoms with Crippen LogP contribution in [0.1, 0.15) is 0 Å². The van der Waals surface area contributed by atoms with Gasteiger partial charge in [0.1, 0.15) is 11.5 Å². The molecule has 0 aliphatic heterocycles. The fraction of sp³-hybridized carbons (Fsp3) is 0. The Morgan fingerprint density at radius 1 is 0.654 bits per heavy atom. The van der Waals surface area contributed by atoms with Crippen molar-refractivity contribution < 1.29 is 10.2 Å². The van der Waals surface area contributed by atoms with Gasteiger partial charge in [0, 0.05) is 68.8 Å². The number of H-pyrrole nitrogens is 2. The van der Waals surface area contributed by atoms with Gasteiger partial charge in [0.05, 0.1) is 0 Å². The first-order chi connectivity index (χ1) is 12.7. The number of aromatic amines is 2. The first-order valence-corrected chi connectivity index (χ1v) is 8.25. The van der Waals surface area contributed by atoms with Crippen LogP contribution in [0.15, 0.2) is 67.3 Å². The van der Waals surface area contributed by atoms with E-state index in [9.17, 15) is 10.2 Å². The predicted octanol–water partition coefficient (Wildman–Crippen LogP) is 4.79. The van der Waals surface area contributed by atoms with Crippen LogP contribution in [0.3, 0.4) is 0 Å². The van der Waals surface area contributed by atoms with Gasteiger partial charge in [0.2, 0.25) is 0 Å². The molecule has 2 aromatic carbocycles. The van der Waals surface area contributed by atoms with Gasteiger partial charge in [0.15, 0.2) is 0 Å².